The van der Waals surface area contributed by atoms with Gasteiger partial charge in [-0.3, -0.25) is 0 Å². The number of anilines is 2. The minimum Gasteiger partial charge on any atom is -0.397 e. The Kier molecular flexibility index (Phi) is 3.66. The summed E-state index contributed by atoms with van der Waals surface area (Å²) in [6.45, 7) is 0.575. The van der Waals surface area contributed by atoms with Gasteiger partial charge >= 0.3 is 0 Å². The van der Waals surface area contributed by atoms with Gasteiger partial charge in [-0.25, -0.2) is 0 Å². The molecule has 2 aromatic rings. The SMILES string of the molecule is N#Cc1cccc(CNc2ccc(C#N)cc2N)c1. The van der Waals surface area contributed by atoms with Crippen LogP contribution < -0.4 is 11.1 Å². The molecule has 0 saturated heterocycles. The normalized spacial score (nSPS) is 9.37. The number of rotatable bonds is 3. The summed E-state index contributed by atoms with van der Waals surface area (Å²) in [5, 5.41) is 20.8. The van der Waals surface area contributed by atoms with Crippen molar-refractivity contribution in [2.24, 2.45) is 0 Å². The van der Waals surface area contributed by atoms with E-state index in [0.29, 0.717) is 23.4 Å². The first kappa shape index (κ1) is 12.5. The fraction of sp³-hybridized carbons (Fsp3) is 0.0667. The number of nitrogens with one attached hydrogen (secondary N) is 1. The predicted octanol–water partition coefficient (Wildman–Crippen LogP) is 2.62. The van der Waals surface area contributed by atoms with Gasteiger partial charge in [0.05, 0.1) is 34.6 Å². The van der Waals surface area contributed by atoms with Crippen molar-refractivity contribution in [2.75, 3.05) is 11.1 Å². The summed E-state index contributed by atoms with van der Waals surface area (Å²) in [5.74, 6) is 0. The standard InChI is InChI=1S/C15H12N4/c16-8-11-2-1-3-13(6-11)10-19-15-5-4-12(9-17)7-14(15)18/h1-7,19H,10,18H2. The lowest BCUT2D eigenvalue weighted by atomic mass is 10.1. The Morgan fingerprint density at radius 1 is 1.00 bits per heavy atom. The Balaban J connectivity index is 2.11. The number of benzene rings is 2. The highest BCUT2D eigenvalue weighted by molar-refractivity contribution is 5.68. The average molecular weight is 248 g/mol. The summed E-state index contributed by atoms with van der Waals surface area (Å²) in [4.78, 5) is 0. The molecule has 3 N–H and O–H groups in total. The van der Waals surface area contributed by atoms with Crippen LogP contribution >= 0.6 is 0 Å². The second kappa shape index (κ2) is 5.57. The van der Waals surface area contributed by atoms with Gasteiger partial charge < -0.3 is 11.1 Å². The number of hydrogen-bond donors (Lipinski definition) is 2. The van der Waals surface area contributed by atoms with E-state index in [4.69, 9.17) is 16.3 Å². The molecule has 0 unspecified atom stereocenters. The summed E-state index contributed by atoms with van der Waals surface area (Å²) in [6, 6.07) is 16.6. The van der Waals surface area contributed by atoms with Crippen molar-refractivity contribution in [3.05, 3.63) is 59.2 Å². The van der Waals surface area contributed by atoms with Crippen molar-refractivity contribution < 1.29 is 0 Å². The van der Waals surface area contributed by atoms with Gasteiger partial charge in [0.1, 0.15) is 0 Å². The maximum atomic E-state index is 8.83. The molecule has 0 atom stereocenters. The van der Waals surface area contributed by atoms with Crippen molar-refractivity contribution in [3.8, 4) is 12.1 Å². The molecule has 0 bridgehead atoms. The summed E-state index contributed by atoms with van der Waals surface area (Å²) in [6.07, 6.45) is 0. The first-order valence-corrected chi connectivity index (χ1v) is 5.75. The van der Waals surface area contributed by atoms with Crippen LogP contribution in [0.25, 0.3) is 0 Å². The molecule has 19 heavy (non-hydrogen) atoms. The molecular weight excluding hydrogens is 236 g/mol. The van der Waals surface area contributed by atoms with Crippen molar-refractivity contribution in [1.82, 2.24) is 0 Å². The number of nitrogens with two attached hydrogens (primary N) is 1. The van der Waals surface area contributed by atoms with Crippen molar-refractivity contribution in [1.29, 1.82) is 10.5 Å². The van der Waals surface area contributed by atoms with E-state index in [9.17, 15) is 0 Å². The van der Waals surface area contributed by atoms with Gasteiger partial charge in [-0.05, 0) is 35.9 Å². The quantitative estimate of drug-likeness (QED) is 0.817. The third-order valence-corrected chi connectivity index (χ3v) is 2.72. The summed E-state index contributed by atoms with van der Waals surface area (Å²) in [5.41, 5.74) is 9.34. The van der Waals surface area contributed by atoms with Crippen LogP contribution in [0, 0.1) is 22.7 Å². The van der Waals surface area contributed by atoms with Gasteiger partial charge in [0.15, 0.2) is 0 Å². The number of nitrogens with zero attached hydrogens (tertiary/aromatic N) is 2. The van der Waals surface area contributed by atoms with Crippen LogP contribution in [0.4, 0.5) is 11.4 Å². The van der Waals surface area contributed by atoms with Gasteiger partial charge in [-0.2, -0.15) is 10.5 Å². The van der Waals surface area contributed by atoms with Crippen molar-refractivity contribution in [3.63, 3.8) is 0 Å². The first-order valence-electron chi connectivity index (χ1n) is 5.75. The topological polar surface area (TPSA) is 85.6 Å². The third-order valence-electron chi connectivity index (χ3n) is 2.72. The molecule has 4 heteroatoms. The number of hydrogen-bond acceptors (Lipinski definition) is 4. The second-order valence-corrected chi connectivity index (χ2v) is 4.08. The maximum Gasteiger partial charge on any atom is 0.0992 e. The zero-order chi connectivity index (χ0) is 13.7. The van der Waals surface area contributed by atoms with E-state index in [2.05, 4.69) is 11.4 Å². The summed E-state index contributed by atoms with van der Waals surface area (Å²) >= 11 is 0. The highest BCUT2D eigenvalue weighted by Crippen LogP contribution is 2.20. The molecule has 0 heterocycles. The molecule has 0 aliphatic rings. The highest BCUT2D eigenvalue weighted by Gasteiger charge is 2.01. The molecule has 4 nitrogen and oxygen atoms in total. The zero-order valence-electron chi connectivity index (χ0n) is 10.2. The smallest absolute Gasteiger partial charge is 0.0992 e. The van der Waals surface area contributed by atoms with Crippen molar-refractivity contribution in [2.45, 2.75) is 6.54 Å². The molecule has 0 saturated carbocycles. The molecule has 0 radical (unpaired) electrons. The first-order chi connectivity index (χ1) is 9.22. The Labute approximate surface area is 111 Å². The predicted molar refractivity (Wildman–Crippen MR) is 74.1 cm³/mol. The largest absolute Gasteiger partial charge is 0.397 e. The lowest BCUT2D eigenvalue weighted by Gasteiger charge is -2.09. The molecule has 92 valence electrons. The Morgan fingerprint density at radius 2 is 1.74 bits per heavy atom. The van der Waals surface area contributed by atoms with E-state index in [1.54, 1.807) is 24.3 Å². The van der Waals surface area contributed by atoms with Gasteiger partial charge in [0.2, 0.25) is 0 Å². The van der Waals surface area contributed by atoms with E-state index >= 15 is 0 Å². The molecule has 0 aliphatic heterocycles. The van der Waals surface area contributed by atoms with Crippen LogP contribution in [0.3, 0.4) is 0 Å². The fourth-order valence-corrected chi connectivity index (χ4v) is 1.74. The second-order valence-electron chi connectivity index (χ2n) is 4.08. The number of nitrogen functional groups attached to an aromatic ring is 1. The Hall–Kier alpha value is -2.98. The molecule has 0 amide bonds. The maximum absolute atomic E-state index is 8.83. The van der Waals surface area contributed by atoms with Gasteiger partial charge in [0.25, 0.3) is 0 Å². The highest BCUT2D eigenvalue weighted by atomic mass is 14.9. The Bertz CT molecular complexity index is 677. The van der Waals surface area contributed by atoms with E-state index in [1.807, 2.05) is 24.3 Å². The lowest BCUT2D eigenvalue weighted by Crippen LogP contribution is -2.02. The Morgan fingerprint density at radius 3 is 2.42 bits per heavy atom. The molecule has 2 rings (SSSR count). The monoisotopic (exact) mass is 248 g/mol. The van der Waals surface area contributed by atoms with Crippen LogP contribution in [-0.2, 0) is 6.54 Å². The van der Waals surface area contributed by atoms with E-state index in [0.717, 1.165) is 11.3 Å². The van der Waals surface area contributed by atoms with Gasteiger partial charge in [0, 0.05) is 6.54 Å². The molecule has 2 aromatic carbocycles. The third kappa shape index (κ3) is 3.02. The molecule has 0 aliphatic carbocycles. The minimum absolute atomic E-state index is 0.537. The molecule has 0 spiro atoms. The lowest BCUT2D eigenvalue weighted by molar-refractivity contribution is 1.15. The zero-order valence-corrected chi connectivity index (χ0v) is 10.2. The molecule has 0 fully saturated rings. The van der Waals surface area contributed by atoms with Gasteiger partial charge in [-0.15, -0.1) is 0 Å². The average Bonchev–Trinajstić information content (AvgIpc) is 2.46. The van der Waals surface area contributed by atoms with Crippen LogP contribution in [0.2, 0.25) is 0 Å². The van der Waals surface area contributed by atoms with Crippen LogP contribution in [0.1, 0.15) is 16.7 Å². The summed E-state index contributed by atoms with van der Waals surface area (Å²) < 4.78 is 0. The molecule has 0 aromatic heterocycles. The van der Waals surface area contributed by atoms with Crippen molar-refractivity contribution >= 4 is 11.4 Å². The molecular formula is C15H12N4. The number of nitriles is 2. The summed E-state index contributed by atoms with van der Waals surface area (Å²) in [7, 11) is 0. The van der Waals surface area contributed by atoms with E-state index in [-0.39, 0.29) is 0 Å². The van der Waals surface area contributed by atoms with Gasteiger partial charge in [-0.1, -0.05) is 12.1 Å². The fourth-order valence-electron chi connectivity index (χ4n) is 1.74. The minimum atomic E-state index is 0.537. The van der Waals surface area contributed by atoms with E-state index in [1.165, 1.54) is 0 Å². The van der Waals surface area contributed by atoms with Crippen LogP contribution in [0.15, 0.2) is 42.5 Å². The van der Waals surface area contributed by atoms with E-state index < -0.39 is 0 Å². The van der Waals surface area contributed by atoms with Crippen LogP contribution in [-0.4, -0.2) is 0 Å². The van der Waals surface area contributed by atoms with Crippen LogP contribution in [0.5, 0.6) is 0 Å².